The molecule has 1 aromatic heterocycles. The number of pyridine rings is 1. The Hall–Kier alpha value is -2.24. The van der Waals surface area contributed by atoms with Crippen molar-refractivity contribution in [1.29, 1.82) is 0 Å². The van der Waals surface area contributed by atoms with E-state index in [2.05, 4.69) is 0 Å². The van der Waals surface area contributed by atoms with Crippen molar-refractivity contribution in [3.05, 3.63) is 46.3 Å². The summed E-state index contributed by atoms with van der Waals surface area (Å²) in [6, 6.07) is 4.31. The van der Waals surface area contributed by atoms with E-state index < -0.39 is 23.2 Å². The Bertz CT molecular complexity index is 709. The molecule has 0 saturated heterocycles. The molecule has 0 atom stereocenters. The predicted molar refractivity (Wildman–Crippen MR) is 69.4 cm³/mol. The number of esters is 1. The summed E-state index contributed by atoms with van der Waals surface area (Å²) in [4.78, 5) is 23.1. The van der Waals surface area contributed by atoms with Crippen molar-refractivity contribution in [2.24, 2.45) is 0 Å². The molecule has 1 aromatic carbocycles. The van der Waals surface area contributed by atoms with Crippen LogP contribution in [0.5, 0.6) is 0 Å². The number of nitrogens with zero attached hydrogens (tertiary/aromatic N) is 1. The monoisotopic (exact) mass is 281 g/mol. The van der Waals surface area contributed by atoms with Gasteiger partial charge in [0, 0.05) is 24.1 Å². The number of rotatable bonds is 4. The molecule has 1 heterocycles. The molecule has 6 heteroatoms. The Morgan fingerprint density at radius 2 is 2.05 bits per heavy atom. The number of aromatic nitrogens is 1. The van der Waals surface area contributed by atoms with Crippen LogP contribution in [0.4, 0.5) is 8.78 Å². The van der Waals surface area contributed by atoms with E-state index >= 15 is 0 Å². The van der Waals surface area contributed by atoms with Gasteiger partial charge in [0.1, 0.15) is 11.6 Å². The van der Waals surface area contributed by atoms with E-state index in [-0.39, 0.29) is 30.5 Å². The van der Waals surface area contributed by atoms with Gasteiger partial charge in [0.2, 0.25) is 0 Å². The highest BCUT2D eigenvalue weighted by atomic mass is 19.1. The largest absolute Gasteiger partial charge is 0.466 e. The fourth-order valence-electron chi connectivity index (χ4n) is 1.99. The molecule has 2 aromatic rings. The zero-order chi connectivity index (χ0) is 14.7. The van der Waals surface area contributed by atoms with Gasteiger partial charge in [-0.1, -0.05) is 0 Å². The lowest BCUT2D eigenvalue weighted by Crippen LogP contribution is -2.21. The first kappa shape index (κ1) is 14.2. The molecule has 106 valence electrons. The molecule has 0 radical (unpaired) electrons. The van der Waals surface area contributed by atoms with E-state index in [1.165, 1.54) is 16.7 Å². The van der Waals surface area contributed by atoms with E-state index in [0.717, 1.165) is 12.1 Å². The second kappa shape index (κ2) is 5.81. The van der Waals surface area contributed by atoms with E-state index in [1.807, 2.05) is 0 Å². The quantitative estimate of drug-likeness (QED) is 0.807. The maximum Gasteiger partial charge on any atom is 0.307 e. The first-order chi connectivity index (χ1) is 9.52. The summed E-state index contributed by atoms with van der Waals surface area (Å²) in [6.07, 6.45) is -0.0367. The minimum atomic E-state index is -0.773. The van der Waals surface area contributed by atoms with Crippen LogP contribution in [0, 0.1) is 11.6 Å². The molecule has 0 N–H and O–H groups in total. The van der Waals surface area contributed by atoms with Gasteiger partial charge in [0.25, 0.3) is 5.56 Å². The highest BCUT2D eigenvalue weighted by molar-refractivity contribution is 5.80. The average molecular weight is 281 g/mol. The van der Waals surface area contributed by atoms with Crippen LogP contribution in [0.15, 0.2) is 29.1 Å². The summed E-state index contributed by atoms with van der Waals surface area (Å²) in [5.41, 5.74) is -0.300. The third-order valence-electron chi connectivity index (χ3n) is 2.87. The van der Waals surface area contributed by atoms with Gasteiger partial charge in [0.15, 0.2) is 0 Å². The molecule has 0 spiro atoms. The highest BCUT2D eigenvalue weighted by Crippen LogP contribution is 2.18. The molecule has 20 heavy (non-hydrogen) atoms. The second-order valence-corrected chi connectivity index (χ2v) is 4.20. The predicted octanol–water partition coefficient (Wildman–Crippen LogP) is 2.23. The highest BCUT2D eigenvalue weighted by Gasteiger charge is 2.11. The number of hydrogen-bond donors (Lipinski definition) is 0. The molecule has 0 aliphatic rings. The van der Waals surface area contributed by atoms with Crippen molar-refractivity contribution in [2.75, 3.05) is 6.61 Å². The SMILES string of the molecule is CCOC(=O)CCn1c(=O)ccc2c(F)cc(F)cc21. The number of fused-ring (bicyclic) bond motifs is 1. The Morgan fingerprint density at radius 1 is 1.30 bits per heavy atom. The van der Waals surface area contributed by atoms with Crippen LogP contribution in [0.1, 0.15) is 13.3 Å². The summed E-state index contributed by atoms with van der Waals surface area (Å²) in [5, 5.41) is 0.134. The van der Waals surface area contributed by atoms with Gasteiger partial charge < -0.3 is 9.30 Å². The Labute approximate surface area is 113 Å². The second-order valence-electron chi connectivity index (χ2n) is 4.20. The smallest absolute Gasteiger partial charge is 0.307 e. The van der Waals surface area contributed by atoms with Gasteiger partial charge in [-0.05, 0) is 19.1 Å². The van der Waals surface area contributed by atoms with Crippen LogP contribution in [-0.4, -0.2) is 17.1 Å². The fraction of sp³-hybridized carbons (Fsp3) is 0.286. The third kappa shape index (κ3) is 2.84. The van der Waals surface area contributed by atoms with Crippen LogP contribution >= 0.6 is 0 Å². The van der Waals surface area contributed by atoms with E-state index in [0.29, 0.717) is 0 Å². The number of carbonyl (C=O) groups is 1. The summed E-state index contributed by atoms with van der Waals surface area (Å²) in [7, 11) is 0. The molecule has 0 saturated carbocycles. The summed E-state index contributed by atoms with van der Waals surface area (Å²) >= 11 is 0. The molecular weight excluding hydrogens is 268 g/mol. The molecule has 4 nitrogen and oxygen atoms in total. The lowest BCUT2D eigenvalue weighted by atomic mass is 10.2. The molecule has 0 unspecified atom stereocenters. The van der Waals surface area contributed by atoms with Crippen LogP contribution in [-0.2, 0) is 16.1 Å². The standard InChI is InChI=1S/C14H13F2NO3/c1-2-20-14(19)5-6-17-12-8-9(15)7-11(16)10(12)3-4-13(17)18/h3-4,7-8H,2,5-6H2,1H3. The zero-order valence-electron chi connectivity index (χ0n) is 10.9. The number of aryl methyl sites for hydroxylation is 1. The van der Waals surface area contributed by atoms with Gasteiger partial charge in [-0.15, -0.1) is 0 Å². The molecule has 0 amide bonds. The summed E-state index contributed by atoms with van der Waals surface area (Å²) < 4.78 is 32.8. The average Bonchev–Trinajstić information content (AvgIpc) is 2.37. The van der Waals surface area contributed by atoms with Gasteiger partial charge in [0.05, 0.1) is 18.5 Å². The Morgan fingerprint density at radius 3 is 2.75 bits per heavy atom. The normalized spacial score (nSPS) is 10.8. The lowest BCUT2D eigenvalue weighted by molar-refractivity contribution is -0.143. The van der Waals surface area contributed by atoms with Crippen molar-refractivity contribution in [1.82, 2.24) is 4.57 Å². The minimum Gasteiger partial charge on any atom is -0.466 e. The molecular formula is C14H13F2NO3. The molecule has 2 rings (SSSR count). The van der Waals surface area contributed by atoms with E-state index in [1.54, 1.807) is 6.92 Å². The topological polar surface area (TPSA) is 48.3 Å². The van der Waals surface area contributed by atoms with E-state index in [4.69, 9.17) is 4.74 Å². The summed E-state index contributed by atoms with van der Waals surface area (Å²) in [5.74, 6) is -1.98. The molecule has 0 aliphatic carbocycles. The van der Waals surface area contributed by atoms with Crippen LogP contribution in [0.25, 0.3) is 10.9 Å². The number of ether oxygens (including phenoxy) is 1. The number of carbonyl (C=O) groups excluding carboxylic acids is 1. The van der Waals surface area contributed by atoms with Crippen molar-refractivity contribution in [2.45, 2.75) is 19.9 Å². The van der Waals surface area contributed by atoms with Gasteiger partial charge >= 0.3 is 5.97 Å². The van der Waals surface area contributed by atoms with Gasteiger partial charge in [-0.3, -0.25) is 9.59 Å². The maximum absolute atomic E-state index is 13.6. The number of halogens is 2. The van der Waals surface area contributed by atoms with E-state index in [9.17, 15) is 18.4 Å². The lowest BCUT2D eigenvalue weighted by Gasteiger charge is -2.10. The Kier molecular flexibility index (Phi) is 4.12. The van der Waals surface area contributed by atoms with Crippen molar-refractivity contribution >= 4 is 16.9 Å². The van der Waals surface area contributed by atoms with Gasteiger partial charge in [-0.2, -0.15) is 0 Å². The minimum absolute atomic E-state index is 0.0118. The maximum atomic E-state index is 13.6. The molecule has 0 fully saturated rings. The zero-order valence-corrected chi connectivity index (χ0v) is 10.9. The number of hydrogen-bond acceptors (Lipinski definition) is 3. The molecule has 0 aliphatic heterocycles. The van der Waals surface area contributed by atoms with Crippen LogP contribution < -0.4 is 5.56 Å². The van der Waals surface area contributed by atoms with Crippen molar-refractivity contribution in [3.63, 3.8) is 0 Å². The van der Waals surface area contributed by atoms with Crippen LogP contribution in [0.2, 0.25) is 0 Å². The molecule has 0 bridgehead atoms. The van der Waals surface area contributed by atoms with Crippen molar-refractivity contribution in [3.8, 4) is 0 Å². The van der Waals surface area contributed by atoms with Crippen LogP contribution in [0.3, 0.4) is 0 Å². The third-order valence-corrected chi connectivity index (χ3v) is 2.87. The summed E-state index contributed by atoms with van der Waals surface area (Å²) in [6.45, 7) is 1.93. The van der Waals surface area contributed by atoms with Crippen molar-refractivity contribution < 1.29 is 18.3 Å². The first-order valence-corrected chi connectivity index (χ1v) is 6.17. The Balaban J connectivity index is 2.43. The number of benzene rings is 1. The fourth-order valence-corrected chi connectivity index (χ4v) is 1.99. The first-order valence-electron chi connectivity index (χ1n) is 6.17. The van der Waals surface area contributed by atoms with Gasteiger partial charge in [-0.25, -0.2) is 8.78 Å².